The van der Waals surface area contributed by atoms with Crippen molar-refractivity contribution in [1.82, 2.24) is 9.97 Å². The quantitative estimate of drug-likeness (QED) is 0.538. The van der Waals surface area contributed by atoms with Gasteiger partial charge in [-0.3, -0.25) is 10.1 Å². The largest absolute Gasteiger partial charge is 0.433 e. The van der Waals surface area contributed by atoms with Crippen LogP contribution in [0.5, 0.6) is 0 Å². The lowest BCUT2D eigenvalue weighted by Gasteiger charge is -2.13. The maximum atomic E-state index is 13.0. The molecule has 0 fully saturated rings. The number of rotatable bonds is 6. The second kappa shape index (κ2) is 7.30. The zero-order valence-electron chi connectivity index (χ0n) is 13.0. The molecule has 0 atom stereocenters. The van der Waals surface area contributed by atoms with Gasteiger partial charge in [-0.25, -0.2) is 4.98 Å². The Morgan fingerprint density at radius 1 is 1.32 bits per heavy atom. The molecule has 1 aromatic carbocycles. The van der Waals surface area contributed by atoms with Crippen LogP contribution in [0.25, 0.3) is 0 Å². The van der Waals surface area contributed by atoms with Crippen molar-refractivity contribution in [2.75, 3.05) is 23.8 Å². The van der Waals surface area contributed by atoms with Crippen LogP contribution in [0.1, 0.15) is 11.3 Å². The van der Waals surface area contributed by atoms with E-state index in [0.717, 1.165) is 0 Å². The van der Waals surface area contributed by atoms with Gasteiger partial charge in [0.15, 0.2) is 5.69 Å². The van der Waals surface area contributed by atoms with Crippen LogP contribution in [0.3, 0.4) is 0 Å². The lowest BCUT2D eigenvalue weighted by Crippen LogP contribution is -2.15. The van der Waals surface area contributed by atoms with Crippen molar-refractivity contribution in [2.45, 2.75) is 13.1 Å². The van der Waals surface area contributed by atoms with Gasteiger partial charge in [-0.2, -0.15) is 18.2 Å². The molecule has 0 radical (unpaired) electrons. The molecular formula is C14H14F3N5O3. The predicted molar refractivity (Wildman–Crippen MR) is 83.7 cm³/mol. The summed E-state index contributed by atoms with van der Waals surface area (Å²) in [6, 6.07) is 4.88. The van der Waals surface area contributed by atoms with E-state index in [1.807, 2.05) is 0 Å². The number of nitro benzene ring substituents is 1. The van der Waals surface area contributed by atoms with Gasteiger partial charge in [0.25, 0.3) is 5.69 Å². The number of aromatic nitrogens is 2. The first-order chi connectivity index (χ1) is 11.7. The molecule has 1 aromatic heterocycles. The van der Waals surface area contributed by atoms with Crippen LogP contribution in [0, 0.1) is 17.0 Å². The smallest absolute Gasteiger partial charge is 0.395 e. The van der Waals surface area contributed by atoms with Crippen LogP contribution in [0.4, 0.5) is 36.3 Å². The number of hydrogen-bond acceptors (Lipinski definition) is 7. The van der Waals surface area contributed by atoms with E-state index < -0.39 is 16.8 Å². The molecule has 8 nitrogen and oxygen atoms in total. The van der Waals surface area contributed by atoms with E-state index in [1.165, 1.54) is 25.1 Å². The summed E-state index contributed by atoms with van der Waals surface area (Å²) in [6.45, 7) is 1.13. The molecule has 0 saturated heterocycles. The number of aliphatic hydroxyl groups excluding tert-OH is 1. The molecule has 0 aliphatic heterocycles. The van der Waals surface area contributed by atoms with Crippen molar-refractivity contribution in [1.29, 1.82) is 0 Å². The summed E-state index contributed by atoms with van der Waals surface area (Å²) >= 11 is 0. The number of aliphatic hydroxyl groups is 1. The Kier molecular flexibility index (Phi) is 5.37. The summed E-state index contributed by atoms with van der Waals surface area (Å²) in [5.41, 5.74) is -0.860. The Hall–Kier alpha value is -2.95. The first-order valence-electron chi connectivity index (χ1n) is 7.04. The highest BCUT2D eigenvalue weighted by atomic mass is 19.4. The summed E-state index contributed by atoms with van der Waals surface area (Å²) < 4.78 is 38.9. The van der Waals surface area contributed by atoms with Crippen LogP contribution in [-0.4, -0.2) is 33.1 Å². The summed E-state index contributed by atoms with van der Waals surface area (Å²) in [4.78, 5) is 17.6. The molecule has 0 unspecified atom stereocenters. The number of benzene rings is 1. The second-order valence-corrected chi connectivity index (χ2v) is 4.94. The minimum atomic E-state index is -4.70. The zero-order chi connectivity index (χ0) is 18.6. The van der Waals surface area contributed by atoms with Crippen LogP contribution >= 0.6 is 0 Å². The molecule has 134 valence electrons. The van der Waals surface area contributed by atoms with Gasteiger partial charge in [0.05, 0.1) is 17.1 Å². The molecule has 0 amide bonds. The maximum Gasteiger partial charge on any atom is 0.433 e. The normalized spacial score (nSPS) is 11.2. The molecule has 3 N–H and O–H groups in total. The van der Waals surface area contributed by atoms with E-state index in [4.69, 9.17) is 5.11 Å². The van der Waals surface area contributed by atoms with Gasteiger partial charge < -0.3 is 15.7 Å². The second-order valence-electron chi connectivity index (χ2n) is 4.94. The molecule has 0 aliphatic rings. The summed E-state index contributed by atoms with van der Waals surface area (Å²) in [5, 5.41) is 24.8. The number of hydrogen-bond donors (Lipinski definition) is 3. The summed E-state index contributed by atoms with van der Waals surface area (Å²) in [7, 11) is 0. The molecule has 25 heavy (non-hydrogen) atoms. The van der Waals surface area contributed by atoms with Crippen LogP contribution < -0.4 is 10.6 Å². The summed E-state index contributed by atoms with van der Waals surface area (Å²) in [6.07, 6.45) is -4.70. The third-order valence-electron chi connectivity index (χ3n) is 3.18. The lowest BCUT2D eigenvalue weighted by molar-refractivity contribution is -0.385. The minimum absolute atomic E-state index is 0.0312. The van der Waals surface area contributed by atoms with Gasteiger partial charge in [0.1, 0.15) is 5.82 Å². The fraction of sp³-hybridized carbons (Fsp3) is 0.286. The molecule has 0 bridgehead atoms. The van der Waals surface area contributed by atoms with Crippen molar-refractivity contribution in [3.05, 3.63) is 45.6 Å². The minimum Gasteiger partial charge on any atom is -0.395 e. The van der Waals surface area contributed by atoms with Crippen molar-refractivity contribution >= 4 is 23.1 Å². The third kappa shape index (κ3) is 4.53. The highest BCUT2D eigenvalue weighted by Crippen LogP contribution is 2.32. The monoisotopic (exact) mass is 357 g/mol. The number of anilines is 3. The third-order valence-corrected chi connectivity index (χ3v) is 3.18. The van der Waals surface area contributed by atoms with Crippen LogP contribution in [0.15, 0.2) is 24.3 Å². The predicted octanol–water partition coefficient (Wildman–Crippen LogP) is 2.86. The molecule has 0 spiro atoms. The van der Waals surface area contributed by atoms with E-state index in [9.17, 15) is 23.3 Å². The van der Waals surface area contributed by atoms with Gasteiger partial charge in [-0.15, -0.1) is 0 Å². The van der Waals surface area contributed by atoms with Crippen molar-refractivity contribution in [3.8, 4) is 0 Å². The van der Waals surface area contributed by atoms with Gasteiger partial charge in [-0.1, -0.05) is 6.07 Å². The average molecular weight is 357 g/mol. The molecule has 0 saturated carbocycles. The Balaban J connectivity index is 2.42. The Morgan fingerprint density at radius 3 is 2.64 bits per heavy atom. The maximum absolute atomic E-state index is 13.0. The van der Waals surface area contributed by atoms with Gasteiger partial charge in [0.2, 0.25) is 5.95 Å². The number of nitrogens with one attached hydrogen (secondary N) is 2. The number of halogens is 3. The SMILES string of the molecule is Cc1c(Nc2cc(C(F)(F)F)nc(NCCO)n2)cccc1[N+](=O)[O-]. The lowest BCUT2D eigenvalue weighted by atomic mass is 10.1. The first-order valence-corrected chi connectivity index (χ1v) is 7.04. The average Bonchev–Trinajstić information content (AvgIpc) is 2.53. The van der Waals surface area contributed by atoms with Crippen molar-refractivity contribution < 1.29 is 23.2 Å². The van der Waals surface area contributed by atoms with E-state index in [2.05, 4.69) is 20.6 Å². The molecule has 0 aliphatic carbocycles. The van der Waals surface area contributed by atoms with E-state index in [1.54, 1.807) is 0 Å². The number of alkyl halides is 3. The molecule has 2 aromatic rings. The fourth-order valence-electron chi connectivity index (χ4n) is 2.00. The Bertz CT molecular complexity index is 783. The fourth-order valence-corrected chi connectivity index (χ4v) is 2.00. The Morgan fingerprint density at radius 2 is 2.04 bits per heavy atom. The van der Waals surface area contributed by atoms with Crippen LogP contribution in [-0.2, 0) is 6.18 Å². The van der Waals surface area contributed by atoms with Gasteiger partial charge >= 0.3 is 6.18 Å². The highest BCUT2D eigenvalue weighted by Gasteiger charge is 2.33. The molecule has 2 rings (SSSR count). The molecular weight excluding hydrogens is 343 g/mol. The van der Waals surface area contributed by atoms with E-state index >= 15 is 0 Å². The molecule has 11 heteroatoms. The first kappa shape index (κ1) is 18.4. The summed E-state index contributed by atoms with van der Waals surface area (Å²) in [5.74, 6) is -0.513. The van der Waals surface area contributed by atoms with E-state index in [0.29, 0.717) is 6.07 Å². The standard InChI is InChI=1S/C14H14F3N5O3/c1-8-9(3-2-4-10(8)22(24)25)19-12-7-11(14(15,16)17)20-13(21-12)18-5-6-23/h2-4,7,23H,5-6H2,1H3,(H2,18,19,20,21). The van der Waals surface area contributed by atoms with Crippen molar-refractivity contribution in [2.24, 2.45) is 0 Å². The highest BCUT2D eigenvalue weighted by molar-refractivity contribution is 5.66. The van der Waals surface area contributed by atoms with Crippen molar-refractivity contribution in [3.63, 3.8) is 0 Å². The van der Waals surface area contributed by atoms with E-state index in [-0.39, 0.29) is 41.9 Å². The number of nitro groups is 1. The van der Waals surface area contributed by atoms with Gasteiger partial charge in [-0.05, 0) is 13.0 Å². The Labute approximate surface area is 139 Å². The van der Waals surface area contributed by atoms with Gasteiger partial charge in [0, 0.05) is 24.4 Å². The molecule has 1 heterocycles. The number of nitrogens with zero attached hydrogens (tertiary/aromatic N) is 3. The topological polar surface area (TPSA) is 113 Å². The zero-order valence-corrected chi connectivity index (χ0v) is 13.0. The van der Waals surface area contributed by atoms with Crippen LogP contribution in [0.2, 0.25) is 0 Å².